The average Bonchev–Trinajstić information content (AvgIpc) is 2.88. The zero-order valence-corrected chi connectivity index (χ0v) is 12.9. The van der Waals surface area contributed by atoms with Crippen LogP contribution in [0.15, 0.2) is 18.2 Å². The fraction of sp³-hybridized carbons (Fsp3) is 0.500. The smallest absolute Gasteiger partial charge is 0.338 e. The first-order chi connectivity index (χ1) is 10.7. The van der Waals surface area contributed by atoms with Crippen molar-refractivity contribution in [2.24, 2.45) is 11.8 Å². The van der Waals surface area contributed by atoms with Gasteiger partial charge in [-0.2, -0.15) is 13.2 Å². The molecule has 3 rings (SSSR count). The van der Waals surface area contributed by atoms with Crippen LogP contribution in [-0.2, 0) is 6.18 Å². The Balaban J connectivity index is 1.89. The van der Waals surface area contributed by atoms with Crippen LogP contribution >= 0.6 is 0 Å². The lowest BCUT2D eigenvalue weighted by molar-refractivity contribution is -0.144. The molecule has 0 unspecified atom stereocenters. The summed E-state index contributed by atoms with van der Waals surface area (Å²) < 4.78 is 38.1. The zero-order chi connectivity index (χ0) is 16.8. The summed E-state index contributed by atoms with van der Waals surface area (Å²) in [6.45, 7) is 5.56. The monoisotopic (exact) mass is 325 g/mol. The normalized spacial score (nSPS) is 22.6. The van der Waals surface area contributed by atoms with Crippen LogP contribution in [0.3, 0.4) is 0 Å². The van der Waals surface area contributed by atoms with E-state index in [1.54, 1.807) is 4.90 Å². The fourth-order valence-electron chi connectivity index (χ4n) is 3.29. The Labute approximate surface area is 131 Å². The molecule has 7 heteroatoms. The van der Waals surface area contributed by atoms with E-state index in [2.05, 4.69) is 23.8 Å². The van der Waals surface area contributed by atoms with Gasteiger partial charge in [0.1, 0.15) is 0 Å². The summed E-state index contributed by atoms with van der Waals surface area (Å²) in [4.78, 5) is 20.1. The molecule has 1 amide bonds. The number of H-pyrrole nitrogens is 1. The minimum Gasteiger partial charge on any atom is -0.338 e. The Morgan fingerprint density at radius 3 is 2.52 bits per heavy atom. The van der Waals surface area contributed by atoms with E-state index in [1.807, 2.05) is 0 Å². The van der Waals surface area contributed by atoms with Crippen LogP contribution in [-0.4, -0.2) is 33.9 Å². The number of carbonyl (C=O) groups excluding carboxylic acids is 1. The minimum atomic E-state index is -4.53. The summed E-state index contributed by atoms with van der Waals surface area (Å²) in [5.41, 5.74) is 0.812. The number of likely N-dealkylation sites (tertiary alicyclic amines) is 1. The molecule has 1 N–H and O–H groups in total. The first kappa shape index (κ1) is 15.8. The lowest BCUT2D eigenvalue weighted by Gasteiger charge is -2.35. The van der Waals surface area contributed by atoms with Crippen molar-refractivity contribution in [1.82, 2.24) is 14.9 Å². The lowest BCUT2D eigenvalue weighted by Crippen LogP contribution is -2.42. The number of rotatable bonds is 1. The third-order valence-electron chi connectivity index (χ3n) is 4.15. The van der Waals surface area contributed by atoms with Crippen molar-refractivity contribution in [3.63, 3.8) is 0 Å². The molecule has 1 aromatic carbocycles. The number of fused-ring (bicyclic) bond motifs is 1. The molecule has 23 heavy (non-hydrogen) atoms. The molecule has 0 saturated carbocycles. The van der Waals surface area contributed by atoms with Crippen molar-refractivity contribution in [1.29, 1.82) is 0 Å². The molecule has 1 saturated heterocycles. The number of alkyl halides is 3. The lowest BCUT2D eigenvalue weighted by atomic mass is 9.91. The van der Waals surface area contributed by atoms with Gasteiger partial charge >= 0.3 is 6.18 Å². The molecular formula is C16H18F3N3O. The minimum absolute atomic E-state index is 0.145. The number of aromatic amines is 1. The Bertz CT molecular complexity index is 728. The van der Waals surface area contributed by atoms with Gasteiger partial charge in [-0.15, -0.1) is 0 Å². The zero-order valence-electron chi connectivity index (χ0n) is 12.9. The highest BCUT2D eigenvalue weighted by Crippen LogP contribution is 2.29. The molecule has 124 valence electrons. The van der Waals surface area contributed by atoms with Crippen molar-refractivity contribution in [3.05, 3.63) is 29.6 Å². The molecule has 1 fully saturated rings. The van der Waals surface area contributed by atoms with Gasteiger partial charge in [0, 0.05) is 18.7 Å². The molecule has 0 aliphatic carbocycles. The number of imidazole rings is 1. The summed E-state index contributed by atoms with van der Waals surface area (Å²) in [5, 5.41) is 0. The number of hydrogen-bond donors (Lipinski definition) is 1. The maximum atomic E-state index is 12.7. The summed E-state index contributed by atoms with van der Waals surface area (Å²) >= 11 is 0. The van der Waals surface area contributed by atoms with Crippen molar-refractivity contribution in [3.8, 4) is 0 Å². The van der Waals surface area contributed by atoms with Crippen molar-refractivity contribution in [2.75, 3.05) is 13.1 Å². The van der Waals surface area contributed by atoms with Crippen LogP contribution in [0.4, 0.5) is 13.2 Å². The second-order valence-electron chi connectivity index (χ2n) is 6.47. The van der Waals surface area contributed by atoms with E-state index >= 15 is 0 Å². The van der Waals surface area contributed by atoms with Gasteiger partial charge in [0.25, 0.3) is 5.91 Å². The Morgan fingerprint density at radius 2 is 1.91 bits per heavy atom. The van der Waals surface area contributed by atoms with Crippen molar-refractivity contribution < 1.29 is 18.0 Å². The SMILES string of the molecule is C[C@@H]1C[C@@H](C)CN(C(=O)c2ccc3nc(C(F)(F)F)[nH]c3c2)C1. The van der Waals surface area contributed by atoms with Crippen molar-refractivity contribution in [2.45, 2.75) is 26.4 Å². The van der Waals surface area contributed by atoms with Gasteiger partial charge in [-0.3, -0.25) is 4.79 Å². The Morgan fingerprint density at radius 1 is 1.26 bits per heavy atom. The third kappa shape index (κ3) is 3.18. The van der Waals surface area contributed by atoms with E-state index < -0.39 is 12.0 Å². The van der Waals surface area contributed by atoms with E-state index in [1.165, 1.54) is 18.2 Å². The molecule has 2 aromatic rings. The van der Waals surface area contributed by atoms with E-state index in [4.69, 9.17) is 0 Å². The van der Waals surface area contributed by atoms with Crippen LogP contribution < -0.4 is 0 Å². The topological polar surface area (TPSA) is 49.0 Å². The van der Waals surface area contributed by atoms with E-state index in [9.17, 15) is 18.0 Å². The first-order valence-electron chi connectivity index (χ1n) is 7.60. The Kier molecular flexibility index (Phi) is 3.82. The van der Waals surface area contributed by atoms with Crippen LogP contribution in [0.2, 0.25) is 0 Å². The number of hydrogen-bond acceptors (Lipinski definition) is 2. The predicted molar refractivity (Wildman–Crippen MR) is 79.9 cm³/mol. The number of aromatic nitrogens is 2. The van der Waals surface area contributed by atoms with Crippen LogP contribution in [0, 0.1) is 11.8 Å². The number of piperidine rings is 1. The van der Waals surface area contributed by atoms with Crippen LogP contribution in [0.1, 0.15) is 36.5 Å². The number of nitrogens with zero attached hydrogens (tertiary/aromatic N) is 2. The quantitative estimate of drug-likeness (QED) is 0.869. The molecule has 0 spiro atoms. The molecule has 1 aliphatic rings. The van der Waals surface area contributed by atoms with Gasteiger partial charge in [-0.05, 0) is 36.5 Å². The summed E-state index contributed by atoms with van der Waals surface area (Å²) in [5.74, 6) is -0.336. The molecule has 1 aliphatic heterocycles. The average molecular weight is 325 g/mol. The van der Waals surface area contributed by atoms with E-state index in [-0.39, 0.29) is 16.9 Å². The molecule has 2 atom stereocenters. The highest BCUT2D eigenvalue weighted by molar-refractivity contribution is 5.97. The molecular weight excluding hydrogens is 307 g/mol. The molecule has 2 heterocycles. The highest BCUT2D eigenvalue weighted by atomic mass is 19.4. The number of carbonyl (C=O) groups is 1. The standard InChI is InChI=1S/C16H18F3N3O/c1-9-5-10(2)8-22(7-9)14(23)11-3-4-12-13(6-11)21-15(20-12)16(17,18)19/h3-4,6,9-10H,5,7-8H2,1-2H3,(H,20,21)/t9-,10-/m1/s1. The van der Waals surface area contributed by atoms with Crippen molar-refractivity contribution >= 4 is 16.9 Å². The number of halogens is 3. The van der Waals surface area contributed by atoms with Gasteiger partial charge in [-0.1, -0.05) is 13.8 Å². The third-order valence-corrected chi connectivity index (χ3v) is 4.15. The highest BCUT2D eigenvalue weighted by Gasteiger charge is 2.35. The molecule has 0 bridgehead atoms. The maximum Gasteiger partial charge on any atom is 0.449 e. The number of amides is 1. The van der Waals surface area contributed by atoms with Gasteiger partial charge in [0.15, 0.2) is 0 Å². The molecule has 0 radical (unpaired) electrons. The van der Waals surface area contributed by atoms with Gasteiger partial charge in [0.05, 0.1) is 11.0 Å². The molecule has 1 aromatic heterocycles. The summed E-state index contributed by atoms with van der Waals surface area (Å²) in [7, 11) is 0. The van der Waals surface area contributed by atoms with E-state index in [0.29, 0.717) is 30.5 Å². The largest absolute Gasteiger partial charge is 0.449 e. The maximum absolute atomic E-state index is 12.7. The van der Waals surface area contributed by atoms with Crippen LogP contribution in [0.25, 0.3) is 11.0 Å². The fourth-order valence-corrected chi connectivity index (χ4v) is 3.29. The molecule has 4 nitrogen and oxygen atoms in total. The number of benzene rings is 1. The summed E-state index contributed by atoms with van der Waals surface area (Å²) in [6.07, 6.45) is -3.45. The first-order valence-corrected chi connectivity index (χ1v) is 7.60. The van der Waals surface area contributed by atoms with Gasteiger partial charge in [0.2, 0.25) is 5.82 Å². The predicted octanol–water partition coefficient (Wildman–Crippen LogP) is 3.70. The Hall–Kier alpha value is -2.05. The summed E-state index contributed by atoms with van der Waals surface area (Å²) in [6, 6.07) is 4.44. The van der Waals surface area contributed by atoms with Gasteiger partial charge < -0.3 is 9.88 Å². The van der Waals surface area contributed by atoms with E-state index in [0.717, 1.165) is 6.42 Å². The van der Waals surface area contributed by atoms with Gasteiger partial charge in [-0.25, -0.2) is 4.98 Å². The second kappa shape index (κ2) is 5.54. The second-order valence-corrected chi connectivity index (χ2v) is 6.47. The van der Waals surface area contributed by atoms with Crippen LogP contribution in [0.5, 0.6) is 0 Å². The number of nitrogens with one attached hydrogen (secondary N) is 1.